The Morgan fingerprint density at radius 3 is 2.67 bits per heavy atom. The number of aromatic nitrogens is 5. The molecule has 1 atom stereocenters. The summed E-state index contributed by atoms with van der Waals surface area (Å²) in [4.78, 5) is 42.0. The third-order valence-electron chi connectivity index (χ3n) is 6.76. The number of hydrogen-bond donors (Lipinski definition) is 1. The first-order valence-corrected chi connectivity index (χ1v) is 14.2. The lowest BCUT2D eigenvalue weighted by Crippen LogP contribution is -2.30. The molecule has 3 heterocycles. The number of ether oxygens (including phenoxy) is 1. The van der Waals surface area contributed by atoms with Crippen LogP contribution in [0, 0.1) is 6.92 Å². The highest BCUT2D eigenvalue weighted by atomic mass is 32.2. The van der Waals surface area contributed by atoms with Gasteiger partial charge in [-0.15, -0.1) is 11.8 Å². The molecule has 1 fully saturated rings. The van der Waals surface area contributed by atoms with Crippen molar-refractivity contribution in [2.45, 2.75) is 70.5 Å². The number of methoxy groups -OCH3 is 1. The zero-order chi connectivity index (χ0) is 27.9. The summed E-state index contributed by atoms with van der Waals surface area (Å²) < 4.78 is 5.60. The molecule has 11 heteroatoms. The number of carbonyl (C=O) groups excluding carboxylic acids is 1. The zero-order valence-corrected chi connectivity index (χ0v) is 24.2. The van der Waals surface area contributed by atoms with E-state index in [-0.39, 0.29) is 11.9 Å². The lowest BCUT2D eigenvalue weighted by atomic mass is 10.1. The van der Waals surface area contributed by atoms with Crippen molar-refractivity contribution in [3.63, 3.8) is 0 Å². The topological polar surface area (TPSA) is 118 Å². The number of nitrogens with one attached hydrogen (secondary N) is 1. The summed E-state index contributed by atoms with van der Waals surface area (Å²) in [5, 5.41) is 4.11. The van der Waals surface area contributed by atoms with Crippen molar-refractivity contribution in [1.29, 1.82) is 0 Å². The standard InChI is InChI=1S/C28H36N8O2S/c1-7-17(3)36(5)27-24(34-21(15-37)29-13-19-9-12-22(30-14-19)39-8-2)18(4)33-26(35-27)23-25(20-10-11-20)31-16-32-28(23)38-6/h9,12,14-17,20H,7-8,10-11,13H2,1-6H3,(H,29,34)/t17-/m0/s1. The highest BCUT2D eigenvalue weighted by molar-refractivity contribution is 7.99. The lowest BCUT2D eigenvalue weighted by Gasteiger charge is -2.27. The van der Waals surface area contributed by atoms with E-state index in [0.717, 1.165) is 41.3 Å². The van der Waals surface area contributed by atoms with E-state index >= 15 is 0 Å². The third-order valence-corrected chi connectivity index (χ3v) is 7.58. The number of rotatable bonds is 12. The van der Waals surface area contributed by atoms with Gasteiger partial charge in [0.05, 0.1) is 23.5 Å². The van der Waals surface area contributed by atoms with Gasteiger partial charge in [0.2, 0.25) is 5.88 Å². The van der Waals surface area contributed by atoms with Gasteiger partial charge in [-0.3, -0.25) is 4.79 Å². The summed E-state index contributed by atoms with van der Waals surface area (Å²) >= 11 is 1.69. The Morgan fingerprint density at radius 2 is 2.05 bits per heavy atom. The second kappa shape index (κ2) is 13.0. The van der Waals surface area contributed by atoms with Crippen LogP contribution in [0.4, 0.5) is 11.5 Å². The molecule has 0 unspecified atom stereocenters. The fourth-order valence-corrected chi connectivity index (χ4v) is 4.69. The van der Waals surface area contributed by atoms with Crippen molar-refractivity contribution in [2.24, 2.45) is 4.99 Å². The minimum atomic E-state index is 0.177. The molecule has 0 amide bonds. The molecule has 1 N–H and O–H groups in total. The largest absolute Gasteiger partial charge is 0.480 e. The second-order valence-corrected chi connectivity index (χ2v) is 10.8. The summed E-state index contributed by atoms with van der Waals surface area (Å²) in [5.74, 6) is 3.08. The number of aliphatic imine (C=N–C) groups is 1. The van der Waals surface area contributed by atoms with Crippen molar-refractivity contribution >= 4 is 35.4 Å². The van der Waals surface area contributed by atoms with Crippen LogP contribution in [0.5, 0.6) is 5.88 Å². The highest BCUT2D eigenvalue weighted by Crippen LogP contribution is 2.45. The summed E-state index contributed by atoms with van der Waals surface area (Å²) in [6, 6.07) is 4.16. The fraction of sp³-hybridized carbons (Fsp3) is 0.464. The zero-order valence-electron chi connectivity index (χ0n) is 23.4. The van der Waals surface area contributed by atoms with Gasteiger partial charge >= 0.3 is 0 Å². The normalized spacial score (nSPS) is 14.2. The number of amidine groups is 1. The maximum Gasteiger partial charge on any atom is 0.227 e. The molecule has 1 aliphatic carbocycles. The van der Waals surface area contributed by atoms with Gasteiger partial charge in [0, 0.05) is 31.7 Å². The molecule has 0 aromatic carbocycles. The van der Waals surface area contributed by atoms with Crippen LogP contribution in [-0.4, -0.2) is 63.0 Å². The molecule has 4 rings (SSSR count). The Bertz CT molecular complexity index is 1330. The minimum Gasteiger partial charge on any atom is -0.480 e. The molecule has 3 aromatic rings. The van der Waals surface area contributed by atoms with Gasteiger partial charge in [0.1, 0.15) is 17.6 Å². The van der Waals surface area contributed by atoms with Gasteiger partial charge < -0.3 is 15.0 Å². The van der Waals surface area contributed by atoms with Crippen molar-refractivity contribution in [2.75, 3.05) is 24.8 Å². The van der Waals surface area contributed by atoms with Crippen LogP contribution in [0.3, 0.4) is 0 Å². The molecule has 0 saturated heterocycles. The Balaban J connectivity index is 1.73. The van der Waals surface area contributed by atoms with Crippen molar-refractivity contribution < 1.29 is 9.53 Å². The van der Waals surface area contributed by atoms with E-state index in [1.165, 1.54) is 6.33 Å². The Kier molecular flexibility index (Phi) is 9.45. The van der Waals surface area contributed by atoms with E-state index in [4.69, 9.17) is 19.7 Å². The maximum atomic E-state index is 12.1. The molecular weight excluding hydrogens is 512 g/mol. The third kappa shape index (κ3) is 6.70. The molecule has 206 valence electrons. The van der Waals surface area contributed by atoms with E-state index in [1.54, 1.807) is 18.9 Å². The molecule has 10 nitrogen and oxygen atoms in total. The summed E-state index contributed by atoms with van der Waals surface area (Å²) in [5.41, 5.74) is 3.75. The van der Waals surface area contributed by atoms with Gasteiger partial charge in [-0.05, 0) is 50.5 Å². The first-order valence-electron chi connectivity index (χ1n) is 13.3. The number of aldehydes is 1. The number of nitrogens with zero attached hydrogens (tertiary/aromatic N) is 7. The number of pyridine rings is 1. The predicted molar refractivity (Wildman–Crippen MR) is 155 cm³/mol. The number of hydrogen-bond acceptors (Lipinski definition) is 10. The fourth-order valence-electron chi connectivity index (χ4n) is 4.11. The van der Waals surface area contributed by atoms with E-state index < -0.39 is 0 Å². The smallest absolute Gasteiger partial charge is 0.227 e. The highest BCUT2D eigenvalue weighted by Gasteiger charge is 2.32. The van der Waals surface area contributed by atoms with Crippen molar-refractivity contribution in [3.05, 3.63) is 41.6 Å². The Labute approximate surface area is 234 Å². The lowest BCUT2D eigenvalue weighted by molar-refractivity contribution is -0.102. The van der Waals surface area contributed by atoms with Crippen molar-refractivity contribution in [1.82, 2.24) is 30.2 Å². The molecule has 39 heavy (non-hydrogen) atoms. The van der Waals surface area contributed by atoms with Gasteiger partial charge in [-0.1, -0.05) is 19.9 Å². The second-order valence-electron chi connectivity index (χ2n) is 9.50. The summed E-state index contributed by atoms with van der Waals surface area (Å²) in [6.45, 7) is 8.63. The van der Waals surface area contributed by atoms with Crippen molar-refractivity contribution in [3.8, 4) is 17.3 Å². The predicted octanol–water partition coefficient (Wildman–Crippen LogP) is 4.89. The van der Waals surface area contributed by atoms with Gasteiger partial charge in [-0.25, -0.2) is 29.9 Å². The van der Waals surface area contributed by atoms with Crippen LogP contribution in [0.25, 0.3) is 11.4 Å². The van der Waals surface area contributed by atoms with Crippen LogP contribution < -0.4 is 15.0 Å². The van der Waals surface area contributed by atoms with E-state index in [1.807, 2.05) is 32.3 Å². The summed E-state index contributed by atoms with van der Waals surface area (Å²) in [7, 11) is 3.57. The summed E-state index contributed by atoms with van der Waals surface area (Å²) in [6.07, 6.45) is 7.10. The van der Waals surface area contributed by atoms with E-state index in [9.17, 15) is 4.79 Å². The molecule has 0 aliphatic heterocycles. The average molecular weight is 549 g/mol. The molecule has 3 aromatic heterocycles. The molecule has 0 spiro atoms. The Hall–Kier alpha value is -3.60. The van der Waals surface area contributed by atoms with Gasteiger partial charge in [0.15, 0.2) is 23.8 Å². The molecule has 1 saturated carbocycles. The quantitative estimate of drug-likeness (QED) is 0.145. The van der Waals surface area contributed by atoms with Crippen LogP contribution in [-0.2, 0) is 11.3 Å². The first-order chi connectivity index (χ1) is 18.9. The van der Waals surface area contributed by atoms with E-state index in [0.29, 0.717) is 53.2 Å². The van der Waals surface area contributed by atoms with Gasteiger partial charge in [0.25, 0.3) is 0 Å². The average Bonchev–Trinajstić information content (AvgIpc) is 3.81. The van der Waals surface area contributed by atoms with E-state index in [2.05, 4.69) is 45.9 Å². The number of carbonyl (C=O) groups is 1. The SMILES string of the molecule is CCSc1ccc(CN/C(C=O)=N/c2c(C)nc(-c3c(OC)ncnc3C3CC3)nc2N(C)[C@@H](C)CC)cn1. The molecule has 0 radical (unpaired) electrons. The minimum absolute atomic E-state index is 0.177. The van der Waals surface area contributed by atoms with Crippen LogP contribution >= 0.6 is 11.8 Å². The Morgan fingerprint density at radius 1 is 1.26 bits per heavy atom. The van der Waals surface area contributed by atoms with Crippen LogP contribution in [0.1, 0.15) is 62.9 Å². The maximum absolute atomic E-state index is 12.1. The molecular formula is C28H36N8O2S. The molecule has 1 aliphatic rings. The number of thioether (sulfide) groups is 1. The number of anilines is 1. The van der Waals surface area contributed by atoms with Crippen LogP contribution in [0.15, 0.2) is 34.7 Å². The monoisotopic (exact) mass is 548 g/mol. The first kappa shape index (κ1) is 28.4. The van der Waals surface area contributed by atoms with Gasteiger partial charge in [-0.2, -0.15) is 0 Å². The number of aryl methyl sites for hydroxylation is 1. The molecule has 0 bridgehead atoms. The van der Waals surface area contributed by atoms with Crippen LogP contribution in [0.2, 0.25) is 0 Å².